The van der Waals surface area contributed by atoms with Gasteiger partial charge in [0.15, 0.2) is 0 Å². The third-order valence-corrected chi connectivity index (χ3v) is 4.42. The smallest absolute Gasteiger partial charge is 0.341 e. The van der Waals surface area contributed by atoms with Gasteiger partial charge in [-0.15, -0.1) is 0 Å². The highest BCUT2D eigenvalue weighted by Gasteiger charge is 2.23. The van der Waals surface area contributed by atoms with Crippen LogP contribution in [0.15, 0.2) is 18.2 Å². The van der Waals surface area contributed by atoms with Crippen molar-refractivity contribution in [1.82, 2.24) is 4.90 Å². The molecular weight excluding hydrogens is 316 g/mol. The van der Waals surface area contributed by atoms with Crippen LogP contribution in [-0.4, -0.2) is 43.2 Å². The first kappa shape index (κ1) is 21.3. The van der Waals surface area contributed by atoms with E-state index in [0.717, 1.165) is 25.9 Å². The SMILES string of the molecule is CCCCOc1cc(N)ccc1C(=O)OC[C@H](C(C)C)N(CC)CC. The molecule has 0 saturated carbocycles. The molecule has 0 radical (unpaired) electrons. The Bertz CT molecular complexity index is 528. The number of ether oxygens (including phenoxy) is 2. The third-order valence-electron chi connectivity index (χ3n) is 4.42. The third kappa shape index (κ3) is 6.58. The van der Waals surface area contributed by atoms with E-state index in [9.17, 15) is 4.79 Å². The number of nitrogens with two attached hydrogens (primary N) is 1. The first-order chi connectivity index (χ1) is 11.9. The van der Waals surface area contributed by atoms with Crippen LogP contribution < -0.4 is 10.5 Å². The predicted octanol–water partition coefficient (Wildman–Crippen LogP) is 3.97. The molecule has 2 N–H and O–H groups in total. The van der Waals surface area contributed by atoms with Crippen molar-refractivity contribution in [2.75, 3.05) is 32.0 Å². The maximum atomic E-state index is 12.6. The Morgan fingerprint density at radius 1 is 1.20 bits per heavy atom. The molecule has 142 valence electrons. The number of hydrogen-bond donors (Lipinski definition) is 1. The molecule has 1 aromatic carbocycles. The van der Waals surface area contributed by atoms with Gasteiger partial charge in [-0.2, -0.15) is 0 Å². The summed E-state index contributed by atoms with van der Waals surface area (Å²) in [5, 5.41) is 0. The number of unbranched alkanes of at least 4 members (excludes halogenated alkanes) is 1. The molecule has 5 nitrogen and oxygen atoms in total. The summed E-state index contributed by atoms with van der Waals surface area (Å²) >= 11 is 0. The average molecular weight is 351 g/mol. The fraction of sp³-hybridized carbons (Fsp3) is 0.650. The topological polar surface area (TPSA) is 64.8 Å². The van der Waals surface area contributed by atoms with Crippen LogP contribution in [0, 0.1) is 5.92 Å². The molecule has 0 aromatic heterocycles. The minimum atomic E-state index is -0.357. The molecule has 0 amide bonds. The molecule has 0 spiro atoms. The van der Waals surface area contributed by atoms with E-state index in [1.807, 2.05) is 0 Å². The van der Waals surface area contributed by atoms with E-state index >= 15 is 0 Å². The van der Waals surface area contributed by atoms with Gasteiger partial charge in [-0.1, -0.05) is 41.0 Å². The molecule has 1 aromatic rings. The summed E-state index contributed by atoms with van der Waals surface area (Å²) in [5.41, 5.74) is 6.84. The van der Waals surface area contributed by atoms with E-state index in [1.165, 1.54) is 0 Å². The molecule has 0 aliphatic heterocycles. The van der Waals surface area contributed by atoms with Crippen LogP contribution in [0.3, 0.4) is 0 Å². The fourth-order valence-corrected chi connectivity index (χ4v) is 2.80. The number of anilines is 1. The Labute approximate surface area is 152 Å². The van der Waals surface area contributed by atoms with Crippen molar-refractivity contribution in [1.29, 1.82) is 0 Å². The quantitative estimate of drug-likeness (QED) is 0.372. The van der Waals surface area contributed by atoms with Crippen molar-refractivity contribution in [3.63, 3.8) is 0 Å². The summed E-state index contributed by atoms with van der Waals surface area (Å²) in [5.74, 6) is 0.547. The average Bonchev–Trinajstić information content (AvgIpc) is 2.58. The van der Waals surface area contributed by atoms with Crippen molar-refractivity contribution in [3.8, 4) is 5.75 Å². The zero-order valence-electron chi connectivity index (χ0n) is 16.4. The fourth-order valence-electron chi connectivity index (χ4n) is 2.80. The summed E-state index contributed by atoms with van der Waals surface area (Å²) in [4.78, 5) is 14.9. The summed E-state index contributed by atoms with van der Waals surface area (Å²) < 4.78 is 11.4. The molecule has 1 atom stereocenters. The number of carbonyl (C=O) groups is 1. The molecule has 25 heavy (non-hydrogen) atoms. The van der Waals surface area contributed by atoms with Crippen molar-refractivity contribution < 1.29 is 14.3 Å². The Kier molecular flexibility index (Phi) is 9.35. The Morgan fingerprint density at radius 3 is 2.44 bits per heavy atom. The van der Waals surface area contributed by atoms with Crippen LogP contribution in [-0.2, 0) is 4.74 Å². The lowest BCUT2D eigenvalue weighted by molar-refractivity contribution is 0.0287. The largest absolute Gasteiger partial charge is 0.493 e. The Balaban J connectivity index is 2.81. The van der Waals surface area contributed by atoms with Gasteiger partial charge in [0.2, 0.25) is 0 Å². The lowest BCUT2D eigenvalue weighted by Gasteiger charge is -2.32. The molecule has 0 unspecified atom stereocenters. The number of benzene rings is 1. The molecule has 0 aliphatic carbocycles. The first-order valence-corrected chi connectivity index (χ1v) is 9.37. The summed E-state index contributed by atoms with van der Waals surface area (Å²) in [6, 6.07) is 5.28. The minimum Gasteiger partial charge on any atom is -0.493 e. The lowest BCUT2D eigenvalue weighted by atomic mass is 10.0. The zero-order valence-corrected chi connectivity index (χ0v) is 16.4. The van der Waals surface area contributed by atoms with E-state index in [2.05, 4.69) is 39.5 Å². The summed E-state index contributed by atoms with van der Waals surface area (Å²) in [6.07, 6.45) is 1.96. The highest BCUT2D eigenvalue weighted by molar-refractivity contribution is 5.93. The second-order valence-corrected chi connectivity index (χ2v) is 6.59. The van der Waals surface area contributed by atoms with Crippen molar-refractivity contribution in [2.45, 2.75) is 53.5 Å². The number of nitrogens with zero attached hydrogens (tertiary/aromatic N) is 1. The minimum absolute atomic E-state index is 0.206. The standard InChI is InChI=1S/C20H34N2O3/c1-6-9-12-24-19-13-16(21)10-11-17(19)20(23)25-14-18(15(4)5)22(7-2)8-3/h10-11,13,15,18H,6-9,12,14,21H2,1-5H3/t18-/m1/s1. The number of esters is 1. The molecule has 5 heteroatoms. The van der Waals surface area contributed by atoms with Crippen LogP contribution in [0.5, 0.6) is 5.75 Å². The van der Waals surface area contributed by atoms with E-state index in [-0.39, 0.29) is 12.0 Å². The summed E-state index contributed by atoms with van der Waals surface area (Å²) in [7, 11) is 0. The molecule has 0 bridgehead atoms. The van der Waals surface area contributed by atoms with Gasteiger partial charge in [-0.25, -0.2) is 4.79 Å². The van der Waals surface area contributed by atoms with E-state index in [4.69, 9.17) is 15.2 Å². The molecule has 0 aliphatic rings. The molecular formula is C20H34N2O3. The monoisotopic (exact) mass is 350 g/mol. The zero-order chi connectivity index (χ0) is 18.8. The molecule has 0 fully saturated rings. The van der Waals surface area contributed by atoms with E-state index in [1.54, 1.807) is 18.2 Å². The van der Waals surface area contributed by atoms with Gasteiger partial charge in [0, 0.05) is 17.8 Å². The second kappa shape index (κ2) is 11.0. The van der Waals surface area contributed by atoms with Crippen molar-refractivity contribution >= 4 is 11.7 Å². The van der Waals surface area contributed by atoms with Gasteiger partial charge in [0.25, 0.3) is 0 Å². The van der Waals surface area contributed by atoms with Gasteiger partial charge in [0.05, 0.1) is 6.61 Å². The number of likely N-dealkylation sites (N-methyl/N-ethyl adjacent to an activating group) is 1. The normalized spacial score (nSPS) is 12.4. The van der Waals surface area contributed by atoms with Crippen molar-refractivity contribution in [3.05, 3.63) is 23.8 Å². The van der Waals surface area contributed by atoms with Gasteiger partial charge in [-0.05, 0) is 37.6 Å². The van der Waals surface area contributed by atoms with Crippen LogP contribution in [0.4, 0.5) is 5.69 Å². The van der Waals surface area contributed by atoms with Gasteiger partial charge >= 0.3 is 5.97 Å². The summed E-state index contributed by atoms with van der Waals surface area (Å²) in [6.45, 7) is 13.5. The van der Waals surface area contributed by atoms with E-state index in [0.29, 0.717) is 36.1 Å². The van der Waals surface area contributed by atoms with Crippen LogP contribution in [0.2, 0.25) is 0 Å². The number of nitrogen functional groups attached to an aromatic ring is 1. The molecule has 0 heterocycles. The van der Waals surface area contributed by atoms with Crippen LogP contribution >= 0.6 is 0 Å². The highest BCUT2D eigenvalue weighted by atomic mass is 16.5. The number of hydrogen-bond acceptors (Lipinski definition) is 5. The van der Waals surface area contributed by atoms with Crippen LogP contribution in [0.1, 0.15) is 57.8 Å². The predicted molar refractivity (Wildman–Crippen MR) is 103 cm³/mol. The second-order valence-electron chi connectivity index (χ2n) is 6.59. The molecule has 1 rings (SSSR count). The maximum Gasteiger partial charge on any atom is 0.341 e. The number of carbonyl (C=O) groups excluding carboxylic acids is 1. The number of rotatable bonds is 11. The van der Waals surface area contributed by atoms with Gasteiger partial charge in [-0.3, -0.25) is 4.90 Å². The van der Waals surface area contributed by atoms with Gasteiger partial charge < -0.3 is 15.2 Å². The first-order valence-electron chi connectivity index (χ1n) is 9.37. The van der Waals surface area contributed by atoms with Crippen LogP contribution in [0.25, 0.3) is 0 Å². The highest BCUT2D eigenvalue weighted by Crippen LogP contribution is 2.23. The lowest BCUT2D eigenvalue weighted by Crippen LogP contribution is -2.42. The molecule has 0 saturated heterocycles. The van der Waals surface area contributed by atoms with Gasteiger partial charge in [0.1, 0.15) is 17.9 Å². The Hall–Kier alpha value is -1.75. The maximum absolute atomic E-state index is 12.6. The van der Waals surface area contributed by atoms with Crippen molar-refractivity contribution in [2.24, 2.45) is 5.92 Å². The Morgan fingerprint density at radius 2 is 1.88 bits per heavy atom. The van der Waals surface area contributed by atoms with E-state index < -0.39 is 0 Å².